The molecule has 2 amide bonds. The molecule has 0 fully saturated rings. The fourth-order valence-corrected chi connectivity index (χ4v) is 3.97. The van der Waals surface area contributed by atoms with Crippen molar-refractivity contribution in [3.05, 3.63) is 75.8 Å². The third-order valence-corrected chi connectivity index (χ3v) is 5.59. The Hall–Kier alpha value is -3.04. The summed E-state index contributed by atoms with van der Waals surface area (Å²) in [6.07, 6.45) is 0.228. The second kappa shape index (κ2) is 8.77. The normalized spacial score (nSPS) is 16.3. The minimum atomic E-state index is -0.287. The van der Waals surface area contributed by atoms with Gasteiger partial charge in [0.2, 0.25) is 11.8 Å². The molecule has 2 N–H and O–H groups in total. The van der Waals surface area contributed by atoms with E-state index in [-0.39, 0.29) is 29.9 Å². The van der Waals surface area contributed by atoms with Crippen molar-refractivity contribution in [2.45, 2.75) is 26.2 Å². The monoisotopic (exact) mass is 391 g/mol. The van der Waals surface area contributed by atoms with E-state index in [1.165, 1.54) is 11.8 Å². The van der Waals surface area contributed by atoms with Crippen LogP contribution in [0.4, 0.5) is 5.69 Å². The summed E-state index contributed by atoms with van der Waals surface area (Å²) in [5.41, 5.74) is 4.24. The highest BCUT2D eigenvalue weighted by molar-refractivity contribution is 8.03. The van der Waals surface area contributed by atoms with E-state index >= 15 is 0 Å². The Morgan fingerprint density at radius 3 is 2.71 bits per heavy atom. The van der Waals surface area contributed by atoms with E-state index < -0.39 is 0 Å². The van der Waals surface area contributed by atoms with Gasteiger partial charge in [-0.25, -0.2) is 0 Å². The van der Waals surface area contributed by atoms with Crippen LogP contribution in [0.2, 0.25) is 0 Å². The number of allylic oxidation sites excluding steroid dienone is 1. The van der Waals surface area contributed by atoms with Crippen molar-refractivity contribution in [2.75, 3.05) is 11.1 Å². The fourth-order valence-electron chi connectivity index (χ4n) is 3.10. The van der Waals surface area contributed by atoms with E-state index in [0.717, 1.165) is 22.4 Å². The largest absolute Gasteiger partial charge is 0.325 e. The van der Waals surface area contributed by atoms with Gasteiger partial charge in [0.15, 0.2) is 0 Å². The predicted octanol–water partition coefficient (Wildman–Crippen LogP) is 4.01. The molecule has 0 bridgehead atoms. The number of hydrogen-bond acceptors (Lipinski definition) is 4. The lowest BCUT2D eigenvalue weighted by Crippen LogP contribution is -2.31. The van der Waals surface area contributed by atoms with Gasteiger partial charge in [0.25, 0.3) is 0 Å². The van der Waals surface area contributed by atoms with Crippen LogP contribution in [-0.4, -0.2) is 17.6 Å². The summed E-state index contributed by atoms with van der Waals surface area (Å²) >= 11 is 1.18. The van der Waals surface area contributed by atoms with Gasteiger partial charge in [-0.15, -0.1) is 0 Å². The van der Waals surface area contributed by atoms with Crippen molar-refractivity contribution in [1.29, 1.82) is 5.26 Å². The van der Waals surface area contributed by atoms with E-state index in [1.807, 2.05) is 62.4 Å². The first-order valence-corrected chi connectivity index (χ1v) is 9.95. The van der Waals surface area contributed by atoms with Gasteiger partial charge >= 0.3 is 0 Å². The van der Waals surface area contributed by atoms with Crippen LogP contribution in [0.5, 0.6) is 0 Å². The number of nitrogens with one attached hydrogen (secondary N) is 2. The summed E-state index contributed by atoms with van der Waals surface area (Å²) in [5.74, 6) is -0.509. The van der Waals surface area contributed by atoms with Crippen molar-refractivity contribution in [2.24, 2.45) is 0 Å². The third kappa shape index (κ3) is 4.62. The Bertz CT molecular complexity index is 977. The van der Waals surface area contributed by atoms with E-state index in [2.05, 4.69) is 16.7 Å². The zero-order valence-corrected chi connectivity index (χ0v) is 16.6. The highest BCUT2D eigenvalue weighted by atomic mass is 32.2. The third-order valence-electron chi connectivity index (χ3n) is 4.57. The second-order valence-electron chi connectivity index (χ2n) is 6.73. The van der Waals surface area contributed by atoms with Crippen molar-refractivity contribution in [1.82, 2.24) is 5.32 Å². The second-order valence-corrected chi connectivity index (χ2v) is 7.71. The van der Waals surface area contributed by atoms with Crippen molar-refractivity contribution in [3.8, 4) is 6.07 Å². The summed E-state index contributed by atoms with van der Waals surface area (Å²) in [7, 11) is 0. The number of rotatable bonds is 5. The molecule has 6 heteroatoms. The molecule has 0 saturated carbocycles. The summed E-state index contributed by atoms with van der Waals surface area (Å²) in [6, 6.07) is 17.6. The molecule has 1 aliphatic rings. The van der Waals surface area contributed by atoms with Gasteiger partial charge in [0.1, 0.15) is 0 Å². The standard InChI is InChI=1S/C22H21N3O2S/c1-14-8-9-15(2)19(10-14)24-21(27)13-28-22-18(12-23)17(11-20(26)25-22)16-6-4-3-5-7-16/h3-10,17H,11,13H2,1-2H3,(H,24,27)(H,25,26)/t17-/m1/s1. The molecule has 1 aliphatic heterocycles. The van der Waals surface area contributed by atoms with E-state index in [1.54, 1.807) is 0 Å². The molecular weight excluding hydrogens is 370 g/mol. The van der Waals surface area contributed by atoms with E-state index in [0.29, 0.717) is 10.6 Å². The van der Waals surface area contributed by atoms with Crippen LogP contribution in [-0.2, 0) is 9.59 Å². The number of carbonyl (C=O) groups excluding carboxylic acids is 2. The topological polar surface area (TPSA) is 82.0 Å². The molecule has 0 aromatic heterocycles. The Morgan fingerprint density at radius 1 is 1.25 bits per heavy atom. The number of thioether (sulfide) groups is 1. The zero-order chi connectivity index (χ0) is 20.1. The van der Waals surface area contributed by atoms with Crippen molar-refractivity contribution >= 4 is 29.3 Å². The molecule has 0 unspecified atom stereocenters. The lowest BCUT2D eigenvalue weighted by Gasteiger charge is -2.25. The average Bonchev–Trinajstić information content (AvgIpc) is 2.69. The predicted molar refractivity (Wildman–Crippen MR) is 112 cm³/mol. The van der Waals surface area contributed by atoms with Crippen LogP contribution >= 0.6 is 11.8 Å². The molecule has 0 aliphatic carbocycles. The summed E-state index contributed by atoms with van der Waals surface area (Å²) in [5, 5.41) is 15.8. The van der Waals surface area contributed by atoms with Gasteiger partial charge in [0.05, 0.1) is 22.4 Å². The number of anilines is 1. The molecule has 2 aromatic carbocycles. The Kier molecular flexibility index (Phi) is 6.17. The van der Waals surface area contributed by atoms with Crippen LogP contribution < -0.4 is 10.6 Å². The van der Waals surface area contributed by atoms with Crippen molar-refractivity contribution < 1.29 is 9.59 Å². The SMILES string of the molecule is Cc1ccc(C)c(NC(=O)CSC2=C(C#N)[C@@H](c3ccccc3)CC(=O)N2)c1. The van der Waals surface area contributed by atoms with E-state index in [4.69, 9.17) is 0 Å². The quantitative estimate of drug-likeness (QED) is 0.807. The minimum Gasteiger partial charge on any atom is -0.325 e. The molecule has 28 heavy (non-hydrogen) atoms. The maximum Gasteiger partial charge on any atom is 0.234 e. The molecule has 142 valence electrons. The zero-order valence-electron chi connectivity index (χ0n) is 15.8. The fraction of sp³-hybridized carbons (Fsp3) is 0.227. The van der Waals surface area contributed by atoms with Crippen LogP contribution in [0.15, 0.2) is 59.1 Å². The van der Waals surface area contributed by atoms with Crippen LogP contribution in [0, 0.1) is 25.2 Å². The average molecular weight is 391 g/mol. The van der Waals surface area contributed by atoms with Crippen molar-refractivity contribution in [3.63, 3.8) is 0 Å². The lowest BCUT2D eigenvalue weighted by molar-refractivity contribution is -0.121. The van der Waals surface area contributed by atoms with Gasteiger partial charge < -0.3 is 10.6 Å². The molecule has 0 saturated heterocycles. The number of hydrogen-bond donors (Lipinski definition) is 2. The van der Waals surface area contributed by atoms with Gasteiger partial charge in [-0.05, 0) is 36.6 Å². The molecule has 2 aromatic rings. The molecule has 1 atom stereocenters. The highest BCUT2D eigenvalue weighted by Gasteiger charge is 2.29. The molecular formula is C22H21N3O2S. The van der Waals surface area contributed by atoms with Gasteiger partial charge in [-0.2, -0.15) is 5.26 Å². The summed E-state index contributed by atoms with van der Waals surface area (Å²) in [6.45, 7) is 3.90. The number of amides is 2. The number of aryl methyl sites for hydroxylation is 2. The van der Waals surface area contributed by atoms with Crippen LogP contribution in [0.1, 0.15) is 29.0 Å². The number of carbonyl (C=O) groups is 2. The van der Waals surface area contributed by atoms with Gasteiger partial charge in [0, 0.05) is 18.0 Å². The van der Waals surface area contributed by atoms with E-state index in [9.17, 15) is 14.9 Å². The lowest BCUT2D eigenvalue weighted by atomic mass is 9.87. The van der Waals surface area contributed by atoms with Gasteiger partial charge in [-0.3, -0.25) is 9.59 Å². The number of nitriles is 1. The number of nitrogens with zero attached hydrogens (tertiary/aromatic N) is 1. The maximum atomic E-state index is 12.4. The minimum absolute atomic E-state index is 0.107. The Labute approximate surface area is 168 Å². The first kappa shape index (κ1) is 19.7. The Morgan fingerprint density at radius 2 is 2.00 bits per heavy atom. The smallest absolute Gasteiger partial charge is 0.234 e. The molecule has 5 nitrogen and oxygen atoms in total. The van der Waals surface area contributed by atoms with Gasteiger partial charge in [-0.1, -0.05) is 54.2 Å². The van der Waals surface area contributed by atoms with Crippen LogP contribution in [0.3, 0.4) is 0 Å². The van der Waals surface area contributed by atoms with Crippen LogP contribution in [0.25, 0.3) is 0 Å². The molecule has 1 heterocycles. The first-order valence-electron chi connectivity index (χ1n) is 8.97. The molecule has 3 rings (SSSR count). The highest BCUT2D eigenvalue weighted by Crippen LogP contribution is 2.35. The molecule has 0 spiro atoms. The Balaban J connectivity index is 1.75. The first-order chi connectivity index (χ1) is 13.5. The molecule has 0 radical (unpaired) electrons. The maximum absolute atomic E-state index is 12.4. The summed E-state index contributed by atoms with van der Waals surface area (Å²) in [4.78, 5) is 24.6. The number of benzene rings is 2. The summed E-state index contributed by atoms with van der Waals surface area (Å²) < 4.78 is 0.